The van der Waals surface area contributed by atoms with Crippen molar-refractivity contribution in [3.05, 3.63) is 84.5 Å². The van der Waals surface area contributed by atoms with Gasteiger partial charge >= 0.3 is 0 Å². The van der Waals surface area contributed by atoms with Crippen molar-refractivity contribution < 1.29 is 13.8 Å². The highest BCUT2D eigenvalue weighted by atomic mass is 31.2. The molecule has 0 aromatic heterocycles. The Morgan fingerprint density at radius 3 is 1.85 bits per heavy atom. The van der Waals surface area contributed by atoms with Gasteiger partial charge < -0.3 is 13.8 Å². The van der Waals surface area contributed by atoms with E-state index in [0.29, 0.717) is 6.16 Å². The summed E-state index contributed by atoms with van der Waals surface area (Å²) in [5.41, 5.74) is 2.47. The van der Waals surface area contributed by atoms with Crippen LogP contribution in [0.1, 0.15) is 53.9 Å². The van der Waals surface area contributed by atoms with Crippen molar-refractivity contribution in [1.82, 2.24) is 0 Å². The van der Waals surface area contributed by atoms with Crippen molar-refractivity contribution in [3.8, 4) is 0 Å². The number of benzene rings is 2. The summed E-state index contributed by atoms with van der Waals surface area (Å²) >= 11 is 0. The summed E-state index contributed by atoms with van der Waals surface area (Å²) < 4.78 is 21.7. The second kappa shape index (κ2) is 11.8. The maximum absolute atomic E-state index is 14.7. The first-order chi connectivity index (χ1) is 17.9. The van der Waals surface area contributed by atoms with Crippen LogP contribution in [0.5, 0.6) is 0 Å². The Labute approximate surface area is 240 Å². The van der Waals surface area contributed by atoms with Gasteiger partial charge in [0.15, 0.2) is 16.6 Å². The van der Waals surface area contributed by atoms with Gasteiger partial charge in [0, 0.05) is 16.8 Å². The lowest BCUT2D eigenvalue weighted by molar-refractivity contribution is 0.180. The molecule has 0 radical (unpaired) electrons. The first kappa shape index (κ1) is 32.0. The van der Waals surface area contributed by atoms with Crippen molar-refractivity contribution in [3.63, 3.8) is 0 Å². The van der Waals surface area contributed by atoms with Gasteiger partial charge in [0.1, 0.15) is 7.14 Å². The molecule has 1 N–H and O–H groups in total. The molecule has 2 aromatic carbocycles. The van der Waals surface area contributed by atoms with Crippen LogP contribution >= 0.6 is 7.14 Å². The van der Waals surface area contributed by atoms with Crippen LogP contribution < -0.4 is 10.6 Å². The van der Waals surface area contributed by atoms with Gasteiger partial charge in [-0.3, -0.25) is 0 Å². The molecule has 0 amide bonds. The topological polar surface area (TPSA) is 46.5 Å². The van der Waals surface area contributed by atoms with Crippen LogP contribution in [-0.4, -0.2) is 33.7 Å². The molecule has 6 heteroatoms. The van der Waals surface area contributed by atoms with Gasteiger partial charge in [-0.15, -0.1) is 0 Å². The Kier molecular flexibility index (Phi) is 9.67. The molecule has 1 saturated carbocycles. The fourth-order valence-electron chi connectivity index (χ4n) is 5.00. The summed E-state index contributed by atoms with van der Waals surface area (Å²) in [6.07, 6.45) is 5.25. The van der Waals surface area contributed by atoms with E-state index in [0.717, 1.165) is 35.4 Å². The van der Waals surface area contributed by atoms with Gasteiger partial charge in [-0.25, -0.2) is 0 Å². The molecule has 214 valence electrons. The second-order valence-electron chi connectivity index (χ2n) is 14.1. The summed E-state index contributed by atoms with van der Waals surface area (Å²) in [5.74, 6) is 0.224. The zero-order chi connectivity index (χ0) is 29.3. The minimum atomic E-state index is -2.84. The van der Waals surface area contributed by atoms with E-state index in [9.17, 15) is 9.36 Å². The zero-order valence-electron chi connectivity index (χ0n) is 25.8. The molecule has 0 saturated heterocycles. The monoisotopic (exact) mass is 582 g/mol. The standard InChI is InChI=1S/C33H51O3PSi2/c1-26-28(25-33(5,6)38(7,8)35)23-27(24-31(26)36-39(9,10)32(2,3)4)21-22-37(34,29-17-13-11-14-18-29)30-19-15-12-16-20-30/h11-21,28,31,35H,1,22-25H2,2-10H3/b27-21+/t28-,31+/m0/s1. The molecule has 2 aromatic rings. The smallest absolute Gasteiger partial charge is 0.192 e. The second-order valence-corrected chi connectivity index (χ2v) is 26.3. The molecule has 3 rings (SSSR count). The summed E-state index contributed by atoms with van der Waals surface area (Å²) in [6, 6.07) is 19.9. The molecule has 0 bridgehead atoms. The van der Waals surface area contributed by atoms with Gasteiger partial charge in [0.25, 0.3) is 0 Å². The largest absolute Gasteiger partial charge is 0.432 e. The molecule has 0 spiro atoms. The van der Waals surface area contributed by atoms with Gasteiger partial charge in [0.2, 0.25) is 0 Å². The van der Waals surface area contributed by atoms with Crippen LogP contribution in [0.2, 0.25) is 36.3 Å². The Morgan fingerprint density at radius 2 is 1.41 bits per heavy atom. The minimum Gasteiger partial charge on any atom is -0.432 e. The van der Waals surface area contributed by atoms with E-state index in [2.05, 4.69) is 60.4 Å². The Hall–Kier alpha value is -1.50. The van der Waals surface area contributed by atoms with E-state index in [-0.39, 0.29) is 22.1 Å². The molecular weight excluding hydrogens is 532 g/mol. The third-order valence-corrected chi connectivity index (χ3v) is 20.5. The Morgan fingerprint density at radius 1 is 0.923 bits per heavy atom. The Bertz CT molecular complexity index is 1120. The average molecular weight is 583 g/mol. The predicted octanol–water partition coefficient (Wildman–Crippen LogP) is 8.65. The molecule has 0 unspecified atom stereocenters. The van der Waals surface area contributed by atoms with Crippen LogP contribution in [0.3, 0.4) is 0 Å². The molecule has 0 heterocycles. The highest BCUT2D eigenvalue weighted by Gasteiger charge is 2.45. The lowest BCUT2D eigenvalue weighted by atomic mass is 9.76. The highest BCUT2D eigenvalue weighted by molar-refractivity contribution is 7.78. The number of rotatable bonds is 9. The van der Waals surface area contributed by atoms with Gasteiger partial charge in [-0.2, -0.15) is 0 Å². The maximum Gasteiger partial charge on any atom is 0.192 e. The van der Waals surface area contributed by atoms with Crippen molar-refractivity contribution in [1.29, 1.82) is 0 Å². The summed E-state index contributed by atoms with van der Waals surface area (Å²) in [7, 11) is -7.27. The first-order valence-corrected chi connectivity index (χ1v) is 22.1. The molecular formula is C33H51O3PSi2. The van der Waals surface area contributed by atoms with E-state index >= 15 is 0 Å². The first-order valence-electron chi connectivity index (χ1n) is 14.3. The molecule has 3 nitrogen and oxygen atoms in total. The van der Waals surface area contributed by atoms with E-state index in [1.807, 2.05) is 73.8 Å². The predicted molar refractivity (Wildman–Crippen MR) is 175 cm³/mol. The maximum atomic E-state index is 14.7. The number of hydrogen-bond donors (Lipinski definition) is 1. The zero-order valence-corrected chi connectivity index (χ0v) is 28.6. The van der Waals surface area contributed by atoms with Crippen LogP contribution in [0.15, 0.2) is 84.5 Å². The fraction of sp³-hybridized carbons (Fsp3) is 0.515. The van der Waals surface area contributed by atoms with Gasteiger partial charge in [0.05, 0.1) is 6.10 Å². The SMILES string of the molecule is C=C1[C@H](CC(C)(C)[Si](C)(C)O)C/C(=C\CP(=O)(c2ccccc2)c2ccccc2)C[C@H]1O[Si](C)(C)C(C)(C)C. The molecule has 39 heavy (non-hydrogen) atoms. The van der Waals surface area contributed by atoms with Crippen molar-refractivity contribution >= 4 is 34.4 Å². The summed E-state index contributed by atoms with van der Waals surface area (Å²) in [4.78, 5) is 11.1. The summed E-state index contributed by atoms with van der Waals surface area (Å²) in [5, 5.41) is 1.73. The minimum absolute atomic E-state index is 0.0528. The van der Waals surface area contributed by atoms with Gasteiger partial charge in [-0.05, 0) is 67.0 Å². The quantitative estimate of drug-likeness (QED) is 0.183. The third kappa shape index (κ3) is 7.43. The highest BCUT2D eigenvalue weighted by Crippen LogP contribution is 2.50. The van der Waals surface area contributed by atoms with Crippen LogP contribution in [-0.2, 0) is 8.99 Å². The van der Waals surface area contributed by atoms with E-state index < -0.39 is 23.8 Å². The van der Waals surface area contributed by atoms with Crippen LogP contribution in [0.4, 0.5) is 0 Å². The molecule has 1 aliphatic carbocycles. The van der Waals surface area contributed by atoms with Crippen molar-refractivity contribution in [2.24, 2.45) is 5.92 Å². The average Bonchev–Trinajstić information content (AvgIpc) is 2.84. The Balaban J connectivity index is 2.00. The van der Waals surface area contributed by atoms with Crippen LogP contribution in [0.25, 0.3) is 0 Å². The lowest BCUT2D eigenvalue weighted by Gasteiger charge is -2.45. The fourth-order valence-corrected chi connectivity index (χ4v) is 9.59. The van der Waals surface area contributed by atoms with Crippen molar-refractivity contribution in [2.75, 3.05) is 6.16 Å². The third-order valence-electron chi connectivity index (χ3n) is 9.53. The molecule has 2 atom stereocenters. The van der Waals surface area contributed by atoms with E-state index in [1.54, 1.807) is 0 Å². The number of hydrogen-bond acceptors (Lipinski definition) is 3. The van der Waals surface area contributed by atoms with E-state index in [1.165, 1.54) is 5.57 Å². The van der Waals surface area contributed by atoms with Crippen LogP contribution in [0, 0.1) is 5.92 Å². The normalized spacial score (nSPS) is 20.9. The molecule has 1 aliphatic rings. The lowest BCUT2D eigenvalue weighted by Crippen LogP contribution is -2.46. The number of allylic oxidation sites excluding steroid dienone is 1. The van der Waals surface area contributed by atoms with Gasteiger partial charge in [-0.1, -0.05) is 114 Å². The molecule has 1 fully saturated rings. The van der Waals surface area contributed by atoms with E-state index in [4.69, 9.17) is 4.43 Å². The summed E-state index contributed by atoms with van der Waals surface area (Å²) in [6.45, 7) is 24.5. The van der Waals surface area contributed by atoms with Crippen molar-refractivity contribution in [2.45, 2.75) is 96.2 Å². The molecule has 0 aliphatic heterocycles.